The van der Waals surface area contributed by atoms with E-state index < -0.39 is 23.6 Å². The van der Waals surface area contributed by atoms with Crippen LogP contribution < -0.4 is 10.6 Å². The van der Waals surface area contributed by atoms with Crippen molar-refractivity contribution in [1.29, 1.82) is 0 Å². The largest absolute Gasteiger partial charge is 0.417 e. The van der Waals surface area contributed by atoms with Gasteiger partial charge in [0, 0.05) is 27.9 Å². The number of alkyl halides is 3. The number of aryl methyl sites for hydroxylation is 1. The molecule has 0 aliphatic carbocycles. The summed E-state index contributed by atoms with van der Waals surface area (Å²) < 4.78 is 40.7. The van der Waals surface area contributed by atoms with Crippen molar-refractivity contribution in [2.75, 3.05) is 5.32 Å². The van der Waals surface area contributed by atoms with Crippen LogP contribution in [0.25, 0.3) is 5.82 Å². The van der Waals surface area contributed by atoms with Crippen LogP contribution >= 0.6 is 39.1 Å². The van der Waals surface area contributed by atoms with E-state index in [0.29, 0.717) is 21.3 Å². The molecule has 12 heteroatoms. The summed E-state index contributed by atoms with van der Waals surface area (Å²) in [6.07, 6.45) is -2.54. The predicted molar refractivity (Wildman–Crippen MR) is 128 cm³/mol. The second-order valence-corrected chi connectivity index (χ2v) is 9.43. The third-order valence-electron chi connectivity index (χ3n) is 4.60. The Hall–Kier alpha value is -2.56. The summed E-state index contributed by atoms with van der Waals surface area (Å²) in [6, 6.07) is 5.05. The van der Waals surface area contributed by atoms with Crippen molar-refractivity contribution >= 4 is 56.6 Å². The van der Waals surface area contributed by atoms with E-state index in [1.165, 1.54) is 22.9 Å². The summed E-state index contributed by atoms with van der Waals surface area (Å²) in [7, 11) is 0. The van der Waals surface area contributed by atoms with Crippen LogP contribution in [0.4, 0.5) is 18.9 Å². The average molecular weight is 578 g/mol. The van der Waals surface area contributed by atoms with E-state index in [-0.39, 0.29) is 33.8 Å². The fraction of sp³-hybridized carbons (Fsp3) is 0.227. The van der Waals surface area contributed by atoms with Gasteiger partial charge in [-0.3, -0.25) is 14.2 Å². The number of aromatic nitrogens is 2. The number of benzene rings is 1. The lowest BCUT2D eigenvalue weighted by molar-refractivity contribution is -0.137. The Morgan fingerprint density at radius 2 is 1.79 bits per heavy atom. The van der Waals surface area contributed by atoms with Crippen LogP contribution in [0.1, 0.15) is 45.8 Å². The first kappa shape index (κ1) is 26.1. The molecule has 0 aliphatic rings. The molecule has 3 rings (SSSR count). The van der Waals surface area contributed by atoms with Crippen LogP contribution in [0, 0.1) is 6.92 Å². The fourth-order valence-corrected chi connectivity index (χ4v) is 4.10. The van der Waals surface area contributed by atoms with Gasteiger partial charge in [-0.05, 0) is 66.5 Å². The normalized spacial score (nSPS) is 11.6. The molecule has 2 N–H and O–H groups in total. The second-order valence-electron chi connectivity index (χ2n) is 7.67. The molecule has 3 aromatic rings. The van der Waals surface area contributed by atoms with E-state index in [1.54, 1.807) is 26.8 Å². The first-order chi connectivity index (χ1) is 15.8. The summed E-state index contributed by atoms with van der Waals surface area (Å²) in [4.78, 5) is 29.7. The number of hydrogen-bond acceptors (Lipinski definition) is 3. The number of anilines is 1. The van der Waals surface area contributed by atoms with Crippen molar-refractivity contribution in [1.82, 2.24) is 14.9 Å². The van der Waals surface area contributed by atoms with Crippen molar-refractivity contribution in [3.05, 3.63) is 73.6 Å². The van der Waals surface area contributed by atoms with Crippen LogP contribution in [-0.2, 0) is 6.18 Å². The van der Waals surface area contributed by atoms with Gasteiger partial charge in [0.05, 0.1) is 21.8 Å². The van der Waals surface area contributed by atoms with E-state index in [2.05, 4.69) is 31.5 Å². The first-order valence-corrected chi connectivity index (χ1v) is 11.4. The molecule has 0 atom stereocenters. The Morgan fingerprint density at radius 1 is 1.12 bits per heavy atom. The molecular weight excluding hydrogens is 560 g/mol. The minimum Gasteiger partial charge on any atom is -0.350 e. The van der Waals surface area contributed by atoms with Crippen LogP contribution in [-0.4, -0.2) is 27.4 Å². The first-order valence-electron chi connectivity index (χ1n) is 9.81. The lowest BCUT2D eigenvalue weighted by Crippen LogP contribution is -2.31. The van der Waals surface area contributed by atoms with Gasteiger partial charge >= 0.3 is 6.18 Å². The van der Waals surface area contributed by atoms with E-state index >= 15 is 0 Å². The molecule has 0 unspecified atom stereocenters. The number of rotatable bonds is 5. The fourth-order valence-electron chi connectivity index (χ4n) is 3.15. The van der Waals surface area contributed by atoms with Gasteiger partial charge in [-0.15, -0.1) is 0 Å². The summed E-state index contributed by atoms with van der Waals surface area (Å²) >= 11 is 15.5. The molecule has 2 heterocycles. The van der Waals surface area contributed by atoms with Crippen molar-refractivity contribution < 1.29 is 22.8 Å². The van der Waals surface area contributed by atoms with Gasteiger partial charge < -0.3 is 10.6 Å². The molecule has 0 saturated carbocycles. The van der Waals surface area contributed by atoms with E-state index in [0.717, 1.165) is 6.07 Å². The maximum atomic E-state index is 13.2. The van der Waals surface area contributed by atoms with Crippen molar-refractivity contribution in [3.8, 4) is 5.82 Å². The smallest absolute Gasteiger partial charge is 0.350 e. The molecule has 0 saturated heterocycles. The van der Waals surface area contributed by atoms with Gasteiger partial charge in [0.25, 0.3) is 11.8 Å². The SMILES string of the molecule is Cc1cc(Cl)cc(C(=O)NC(C)C)c1NC(=O)c1cc(Br)cn1-c1ncc(C(F)(F)F)cc1Cl. The highest BCUT2D eigenvalue weighted by Gasteiger charge is 2.32. The minimum atomic E-state index is -4.62. The molecule has 34 heavy (non-hydrogen) atoms. The standard InChI is InChI=1S/C22H18BrCl2F3N4O2/c1-10(2)30-20(33)15-7-14(24)4-11(3)18(15)31-21(34)17-6-13(23)9-32(17)19-16(25)5-12(8-29-19)22(26,27)28/h4-10H,1-3H3,(H,30,33)(H,31,34). The minimum absolute atomic E-state index is 0.0191. The second kappa shape index (κ2) is 9.97. The predicted octanol–water partition coefficient (Wildman–Crippen LogP) is 6.66. The summed E-state index contributed by atoms with van der Waals surface area (Å²) in [5, 5.41) is 5.47. The molecule has 0 fully saturated rings. The van der Waals surface area contributed by atoms with E-state index in [4.69, 9.17) is 23.2 Å². The zero-order valence-electron chi connectivity index (χ0n) is 18.0. The summed E-state index contributed by atoms with van der Waals surface area (Å²) in [6.45, 7) is 5.26. The van der Waals surface area contributed by atoms with Crippen LogP contribution in [0.15, 0.2) is 41.1 Å². The number of pyridine rings is 1. The van der Waals surface area contributed by atoms with Crippen LogP contribution in [0.2, 0.25) is 10.0 Å². The maximum Gasteiger partial charge on any atom is 0.417 e. The monoisotopic (exact) mass is 576 g/mol. The van der Waals surface area contributed by atoms with Gasteiger partial charge in [0.15, 0.2) is 5.82 Å². The molecule has 0 spiro atoms. The average Bonchev–Trinajstić information content (AvgIpc) is 3.09. The number of nitrogens with zero attached hydrogens (tertiary/aromatic N) is 2. The lowest BCUT2D eigenvalue weighted by atomic mass is 10.1. The number of hydrogen-bond donors (Lipinski definition) is 2. The van der Waals surface area contributed by atoms with Gasteiger partial charge in [-0.25, -0.2) is 4.98 Å². The highest BCUT2D eigenvalue weighted by Crippen LogP contribution is 2.33. The number of carbonyl (C=O) groups is 2. The Bertz CT molecular complexity index is 1280. The highest BCUT2D eigenvalue weighted by atomic mass is 79.9. The molecule has 0 aliphatic heterocycles. The van der Waals surface area contributed by atoms with Gasteiger partial charge in [0.2, 0.25) is 0 Å². The summed E-state index contributed by atoms with van der Waals surface area (Å²) in [5.41, 5.74) is -0.0582. The third kappa shape index (κ3) is 5.73. The topological polar surface area (TPSA) is 76.0 Å². The molecule has 1 aromatic carbocycles. The lowest BCUT2D eigenvalue weighted by Gasteiger charge is -2.17. The Balaban J connectivity index is 2.03. The molecule has 0 radical (unpaired) electrons. The quantitative estimate of drug-likeness (QED) is 0.356. The maximum absolute atomic E-state index is 13.2. The Kier molecular flexibility index (Phi) is 7.64. The van der Waals surface area contributed by atoms with Crippen molar-refractivity contribution in [2.45, 2.75) is 33.0 Å². The zero-order valence-corrected chi connectivity index (χ0v) is 21.1. The molecule has 0 bridgehead atoms. The molecule has 2 amide bonds. The van der Waals surface area contributed by atoms with Crippen molar-refractivity contribution in [3.63, 3.8) is 0 Å². The van der Waals surface area contributed by atoms with Crippen LogP contribution in [0.5, 0.6) is 0 Å². The van der Waals surface area contributed by atoms with Crippen molar-refractivity contribution in [2.24, 2.45) is 0 Å². The molecular formula is C22H18BrCl2F3N4O2. The highest BCUT2D eigenvalue weighted by molar-refractivity contribution is 9.10. The Labute approximate surface area is 211 Å². The number of halogens is 6. The number of carbonyl (C=O) groups excluding carboxylic acids is 2. The van der Waals surface area contributed by atoms with E-state index in [1.807, 2.05) is 0 Å². The third-order valence-corrected chi connectivity index (χ3v) is 5.53. The Morgan fingerprint density at radius 3 is 2.38 bits per heavy atom. The zero-order chi connectivity index (χ0) is 25.4. The van der Waals surface area contributed by atoms with Crippen LogP contribution in [0.3, 0.4) is 0 Å². The number of amides is 2. The number of nitrogens with one attached hydrogen (secondary N) is 2. The van der Waals surface area contributed by atoms with E-state index in [9.17, 15) is 22.8 Å². The molecule has 6 nitrogen and oxygen atoms in total. The molecule has 180 valence electrons. The van der Waals surface area contributed by atoms with Gasteiger partial charge in [-0.2, -0.15) is 13.2 Å². The summed E-state index contributed by atoms with van der Waals surface area (Å²) in [5.74, 6) is -1.15. The van der Waals surface area contributed by atoms with Gasteiger partial charge in [-0.1, -0.05) is 23.2 Å². The van der Waals surface area contributed by atoms with Gasteiger partial charge in [0.1, 0.15) is 5.69 Å². The molecule has 2 aromatic heterocycles.